The number of hydrogen-bond donors (Lipinski definition) is 1. The van der Waals surface area contributed by atoms with Gasteiger partial charge in [-0.1, -0.05) is 89.4 Å². The summed E-state index contributed by atoms with van der Waals surface area (Å²) in [7, 11) is -4.35. The number of nitrogens with one attached hydrogen (secondary N) is 1. The number of sulfonamides is 1. The van der Waals surface area contributed by atoms with Crippen molar-refractivity contribution in [3.8, 4) is 0 Å². The first-order valence-corrected chi connectivity index (χ1v) is 16.2. The number of carbonyl (C=O) groups excluding carboxylic acids is 2. The molecule has 1 N–H and O–H groups in total. The van der Waals surface area contributed by atoms with Crippen LogP contribution >= 0.6 is 34.8 Å². The molecule has 4 aromatic rings. The quantitative estimate of drug-likeness (QED) is 0.180. The lowest BCUT2D eigenvalue weighted by Crippen LogP contribution is -2.53. The van der Waals surface area contributed by atoms with Gasteiger partial charge in [-0.15, -0.1) is 0 Å². The standard InChI is InChI=1S/C32H29Cl3FN3O4S/c1-2-37-32(41)30(18-22-9-5-3-6-10-22)38(20-23-13-15-26(33)27(34)17-23)31(40)21-39(24-14-16-29(36)28(35)19-24)44(42,43)25-11-7-4-8-12-25/h3-17,19,30H,2,18,20-21H2,1H3,(H,37,41)/t30-/m1/s1. The first kappa shape index (κ1) is 33.3. The van der Waals surface area contributed by atoms with Crippen LogP contribution in [0.1, 0.15) is 18.1 Å². The Hall–Kier alpha value is -3.63. The van der Waals surface area contributed by atoms with Crippen LogP contribution in [0.5, 0.6) is 0 Å². The van der Waals surface area contributed by atoms with E-state index in [1.165, 1.54) is 23.1 Å². The SMILES string of the molecule is CCNC(=O)[C@@H](Cc1ccccc1)N(Cc1ccc(Cl)c(Cl)c1)C(=O)CN(c1ccc(F)c(Cl)c1)S(=O)(=O)c1ccccc1. The average Bonchev–Trinajstić information content (AvgIpc) is 3.01. The van der Waals surface area contributed by atoms with E-state index in [4.69, 9.17) is 34.8 Å². The van der Waals surface area contributed by atoms with Gasteiger partial charge in [-0.2, -0.15) is 0 Å². The zero-order chi connectivity index (χ0) is 31.9. The summed E-state index contributed by atoms with van der Waals surface area (Å²) in [4.78, 5) is 29.1. The molecule has 0 aromatic heterocycles. The van der Waals surface area contributed by atoms with Gasteiger partial charge in [-0.05, 0) is 60.5 Å². The summed E-state index contributed by atoms with van der Waals surface area (Å²) >= 11 is 18.4. The number of hydrogen-bond acceptors (Lipinski definition) is 4. The molecular formula is C32H29Cl3FN3O4S. The van der Waals surface area contributed by atoms with Gasteiger partial charge in [-0.3, -0.25) is 13.9 Å². The zero-order valence-electron chi connectivity index (χ0n) is 23.6. The molecule has 0 aliphatic rings. The Morgan fingerprint density at radius 2 is 1.48 bits per heavy atom. The van der Waals surface area contributed by atoms with Gasteiger partial charge in [0.15, 0.2) is 0 Å². The van der Waals surface area contributed by atoms with E-state index in [2.05, 4.69) is 5.32 Å². The minimum absolute atomic E-state index is 0.0271. The Balaban J connectivity index is 1.82. The summed E-state index contributed by atoms with van der Waals surface area (Å²) < 4.78 is 42.8. The Kier molecular flexibility index (Phi) is 11.3. The van der Waals surface area contributed by atoms with Crippen molar-refractivity contribution < 1.29 is 22.4 Å². The smallest absolute Gasteiger partial charge is 0.264 e. The number of nitrogens with zero attached hydrogens (tertiary/aromatic N) is 2. The molecule has 0 saturated heterocycles. The second-order valence-corrected chi connectivity index (χ2v) is 12.9. The number of anilines is 1. The number of carbonyl (C=O) groups is 2. The van der Waals surface area contributed by atoms with Gasteiger partial charge in [-0.25, -0.2) is 12.8 Å². The molecule has 4 rings (SSSR count). The lowest BCUT2D eigenvalue weighted by molar-refractivity contribution is -0.140. The second kappa shape index (κ2) is 14.9. The van der Waals surface area contributed by atoms with Crippen LogP contribution in [0.2, 0.25) is 15.1 Å². The Morgan fingerprint density at radius 3 is 2.09 bits per heavy atom. The van der Waals surface area contributed by atoms with Gasteiger partial charge in [0, 0.05) is 19.5 Å². The molecule has 12 heteroatoms. The van der Waals surface area contributed by atoms with Gasteiger partial charge < -0.3 is 10.2 Å². The van der Waals surface area contributed by atoms with Crippen molar-refractivity contribution >= 4 is 62.3 Å². The molecule has 0 saturated carbocycles. The van der Waals surface area contributed by atoms with Crippen LogP contribution in [0.4, 0.5) is 10.1 Å². The molecule has 0 aliphatic carbocycles. The highest BCUT2D eigenvalue weighted by molar-refractivity contribution is 7.92. The maximum Gasteiger partial charge on any atom is 0.264 e. The lowest BCUT2D eigenvalue weighted by atomic mass is 10.0. The minimum Gasteiger partial charge on any atom is -0.355 e. The first-order valence-electron chi connectivity index (χ1n) is 13.6. The third-order valence-corrected chi connectivity index (χ3v) is 9.58. The van der Waals surface area contributed by atoms with Crippen molar-refractivity contribution in [1.82, 2.24) is 10.2 Å². The zero-order valence-corrected chi connectivity index (χ0v) is 26.7. The van der Waals surface area contributed by atoms with E-state index in [-0.39, 0.29) is 33.6 Å². The normalized spacial score (nSPS) is 11.9. The Bertz CT molecular complexity index is 1730. The summed E-state index contributed by atoms with van der Waals surface area (Å²) in [6.07, 6.45) is 0.146. The van der Waals surface area contributed by atoms with Crippen molar-refractivity contribution in [3.05, 3.63) is 129 Å². The van der Waals surface area contributed by atoms with Gasteiger partial charge in [0.1, 0.15) is 18.4 Å². The number of amides is 2. The molecule has 7 nitrogen and oxygen atoms in total. The average molecular weight is 677 g/mol. The molecule has 0 radical (unpaired) electrons. The van der Waals surface area contributed by atoms with E-state index >= 15 is 0 Å². The van der Waals surface area contributed by atoms with Gasteiger partial charge in [0.05, 0.1) is 25.7 Å². The highest BCUT2D eigenvalue weighted by Gasteiger charge is 2.34. The summed E-state index contributed by atoms with van der Waals surface area (Å²) in [5.41, 5.74) is 1.33. The van der Waals surface area contributed by atoms with Crippen molar-refractivity contribution in [2.24, 2.45) is 0 Å². The van der Waals surface area contributed by atoms with E-state index in [1.54, 1.807) is 43.3 Å². The van der Waals surface area contributed by atoms with Gasteiger partial charge in [0.2, 0.25) is 11.8 Å². The summed E-state index contributed by atoms with van der Waals surface area (Å²) in [5.74, 6) is -1.87. The summed E-state index contributed by atoms with van der Waals surface area (Å²) in [6, 6.07) is 23.9. The molecule has 0 unspecified atom stereocenters. The highest BCUT2D eigenvalue weighted by Crippen LogP contribution is 2.29. The monoisotopic (exact) mass is 675 g/mol. The van der Waals surface area contributed by atoms with E-state index in [0.29, 0.717) is 17.1 Å². The Morgan fingerprint density at radius 1 is 0.818 bits per heavy atom. The molecular weight excluding hydrogens is 648 g/mol. The summed E-state index contributed by atoms with van der Waals surface area (Å²) in [5, 5.41) is 3.04. The number of rotatable bonds is 12. The van der Waals surface area contributed by atoms with E-state index in [1.807, 2.05) is 30.3 Å². The first-order chi connectivity index (χ1) is 21.0. The van der Waals surface area contributed by atoms with Crippen LogP contribution in [0, 0.1) is 5.82 Å². The molecule has 0 fully saturated rings. The van der Waals surface area contributed by atoms with Crippen molar-refractivity contribution in [2.45, 2.75) is 30.8 Å². The lowest BCUT2D eigenvalue weighted by Gasteiger charge is -2.34. The fourth-order valence-corrected chi connectivity index (χ4v) is 6.49. The molecule has 44 heavy (non-hydrogen) atoms. The Labute approximate surface area is 271 Å². The largest absolute Gasteiger partial charge is 0.355 e. The predicted molar refractivity (Wildman–Crippen MR) is 172 cm³/mol. The number of benzene rings is 4. The molecule has 1 atom stereocenters. The second-order valence-electron chi connectivity index (χ2n) is 9.79. The highest BCUT2D eigenvalue weighted by atomic mass is 35.5. The maximum absolute atomic E-state index is 14.3. The predicted octanol–water partition coefficient (Wildman–Crippen LogP) is 6.76. The molecule has 230 valence electrons. The van der Waals surface area contributed by atoms with Gasteiger partial charge >= 0.3 is 0 Å². The fourth-order valence-electron chi connectivity index (χ4n) is 4.57. The van der Waals surface area contributed by atoms with Crippen molar-refractivity contribution in [1.29, 1.82) is 0 Å². The van der Waals surface area contributed by atoms with E-state index in [9.17, 15) is 22.4 Å². The molecule has 0 bridgehead atoms. The minimum atomic E-state index is -4.35. The van der Waals surface area contributed by atoms with Crippen molar-refractivity contribution in [3.63, 3.8) is 0 Å². The van der Waals surface area contributed by atoms with Crippen LogP contribution < -0.4 is 9.62 Å². The molecule has 2 amide bonds. The summed E-state index contributed by atoms with van der Waals surface area (Å²) in [6.45, 7) is 1.26. The van der Waals surface area contributed by atoms with Crippen LogP contribution in [-0.2, 0) is 32.6 Å². The van der Waals surface area contributed by atoms with Crippen molar-refractivity contribution in [2.75, 3.05) is 17.4 Å². The molecule has 4 aromatic carbocycles. The fraction of sp³-hybridized carbons (Fsp3) is 0.188. The topological polar surface area (TPSA) is 86.8 Å². The van der Waals surface area contributed by atoms with Crippen LogP contribution in [0.3, 0.4) is 0 Å². The third kappa shape index (κ3) is 8.09. The van der Waals surface area contributed by atoms with Crippen LogP contribution in [-0.4, -0.2) is 44.3 Å². The van der Waals surface area contributed by atoms with Crippen LogP contribution in [0.15, 0.2) is 102 Å². The van der Waals surface area contributed by atoms with E-state index in [0.717, 1.165) is 22.0 Å². The number of halogens is 4. The van der Waals surface area contributed by atoms with E-state index < -0.39 is 40.2 Å². The molecule has 0 spiro atoms. The molecule has 0 heterocycles. The van der Waals surface area contributed by atoms with Crippen LogP contribution in [0.25, 0.3) is 0 Å². The number of likely N-dealkylation sites (N-methyl/N-ethyl adjacent to an activating group) is 1. The third-order valence-electron chi connectivity index (χ3n) is 6.76. The maximum atomic E-state index is 14.3. The molecule has 0 aliphatic heterocycles. The van der Waals surface area contributed by atoms with Gasteiger partial charge in [0.25, 0.3) is 10.0 Å².